The number of nitrogens with one attached hydrogen (secondary N) is 1. The Balaban J connectivity index is 1.94. The van der Waals surface area contributed by atoms with Crippen LogP contribution in [-0.2, 0) is 4.79 Å². The van der Waals surface area contributed by atoms with Crippen LogP contribution in [0.15, 0.2) is 53.6 Å². The Morgan fingerprint density at radius 1 is 1.20 bits per heavy atom. The highest BCUT2D eigenvalue weighted by molar-refractivity contribution is 6.31. The number of carbonyl (C=O) groups excluding carboxylic acids is 1. The van der Waals surface area contributed by atoms with Gasteiger partial charge in [-0.25, -0.2) is 5.43 Å². The first kappa shape index (κ1) is 19.0. The number of nitrogens with zero attached hydrogens (tertiary/aromatic N) is 1. The number of aryl methyl sites for hydroxylation is 1. The van der Waals surface area contributed by atoms with E-state index in [4.69, 9.17) is 16.3 Å². The first-order chi connectivity index (χ1) is 12.1. The van der Waals surface area contributed by atoms with Crippen molar-refractivity contribution in [2.24, 2.45) is 5.10 Å². The molecule has 1 N–H and O–H groups in total. The number of benzene rings is 2. The summed E-state index contributed by atoms with van der Waals surface area (Å²) in [6.45, 7) is 3.92. The lowest BCUT2D eigenvalue weighted by Crippen LogP contribution is -2.26. The summed E-state index contributed by atoms with van der Waals surface area (Å²) in [5.74, 6) is 0.313. The first-order valence-corrected chi connectivity index (χ1v) is 8.77. The van der Waals surface area contributed by atoms with Gasteiger partial charge in [0.25, 0.3) is 5.91 Å². The number of rotatable bonds is 8. The predicted octanol–water partition coefficient (Wildman–Crippen LogP) is 4.74. The Hall–Kier alpha value is -2.33. The van der Waals surface area contributed by atoms with Gasteiger partial charge in [0.15, 0.2) is 6.61 Å². The third-order valence-corrected chi connectivity index (χ3v) is 4.11. The van der Waals surface area contributed by atoms with Gasteiger partial charge in [0.05, 0.1) is 5.71 Å². The van der Waals surface area contributed by atoms with E-state index < -0.39 is 0 Å². The molecule has 0 atom stereocenters. The molecule has 1 amide bonds. The summed E-state index contributed by atoms with van der Waals surface area (Å²) in [5, 5.41) is 4.96. The Morgan fingerprint density at radius 3 is 2.64 bits per heavy atom. The quantitative estimate of drug-likeness (QED) is 0.547. The first-order valence-electron chi connectivity index (χ1n) is 8.40. The fourth-order valence-electron chi connectivity index (χ4n) is 2.26. The second kappa shape index (κ2) is 9.84. The molecule has 0 spiro atoms. The van der Waals surface area contributed by atoms with Crippen molar-refractivity contribution in [3.05, 3.63) is 64.7 Å². The van der Waals surface area contributed by atoms with Crippen molar-refractivity contribution in [1.29, 1.82) is 0 Å². The molecular weight excluding hydrogens is 336 g/mol. The molecule has 25 heavy (non-hydrogen) atoms. The topological polar surface area (TPSA) is 50.7 Å². The van der Waals surface area contributed by atoms with Crippen LogP contribution < -0.4 is 10.2 Å². The number of hydrazone groups is 1. The van der Waals surface area contributed by atoms with Crippen LogP contribution in [0.4, 0.5) is 0 Å². The number of amides is 1. The molecule has 2 aromatic rings. The third kappa shape index (κ3) is 6.24. The minimum Gasteiger partial charge on any atom is -0.484 e. The van der Waals surface area contributed by atoms with Gasteiger partial charge >= 0.3 is 0 Å². The van der Waals surface area contributed by atoms with Gasteiger partial charge in [-0.1, -0.05) is 55.3 Å². The smallest absolute Gasteiger partial charge is 0.277 e. The maximum atomic E-state index is 12.0. The molecular formula is C20H23ClN2O2. The summed E-state index contributed by atoms with van der Waals surface area (Å²) in [5.41, 5.74) is 5.38. The number of hydrogen-bond donors (Lipinski definition) is 1. The minimum atomic E-state index is -0.294. The number of halogens is 1. The number of carbonyl (C=O) groups is 1. The second-order valence-corrected chi connectivity index (χ2v) is 6.17. The van der Waals surface area contributed by atoms with Gasteiger partial charge in [-0.05, 0) is 49.1 Å². The normalized spacial score (nSPS) is 11.2. The molecule has 0 saturated heterocycles. The van der Waals surface area contributed by atoms with Crippen LogP contribution in [-0.4, -0.2) is 18.2 Å². The van der Waals surface area contributed by atoms with Crippen LogP contribution >= 0.6 is 11.6 Å². The van der Waals surface area contributed by atoms with Crippen LogP contribution in [0.2, 0.25) is 5.02 Å². The molecule has 0 aromatic heterocycles. The second-order valence-electron chi connectivity index (χ2n) is 5.76. The summed E-state index contributed by atoms with van der Waals surface area (Å²) in [6, 6.07) is 15.2. The zero-order chi connectivity index (χ0) is 18.1. The van der Waals surface area contributed by atoms with Crippen molar-refractivity contribution in [3.63, 3.8) is 0 Å². The predicted molar refractivity (Wildman–Crippen MR) is 102 cm³/mol. The van der Waals surface area contributed by atoms with Crippen molar-refractivity contribution < 1.29 is 9.53 Å². The molecule has 0 fully saturated rings. The lowest BCUT2D eigenvalue weighted by molar-refractivity contribution is -0.123. The van der Waals surface area contributed by atoms with Gasteiger partial charge in [0.2, 0.25) is 0 Å². The van der Waals surface area contributed by atoms with Gasteiger partial charge in [-0.15, -0.1) is 0 Å². The summed E-state index contributed by atoms with van der Waals surface area (Å²) in [7, 11) is 0. The maximum Gasteiger partial charge on any atom is 0.277 e. The van der Waals surface area contributed by atoms with E-state index in [2.05, 4.69) is 17.5 Å². The van der Waals surface area contributed by atoms with Crippen LogP contribution in [0.5, 0.6) is 5.75 Å². The molecule has 0 aliphatic carbocycles. The van der Waals surface area contributed by atoms with E-state index in [-0.39, 0.29) is 12.5 Å². The molecule has 2 rings (SSSR count). The monoisotopic (exact) mass is 358 g/mol. The molecule has 0 unspecified atom stereocenters. The average Bonchev–Trinajstić information content (AvgIpc) is 2.63. The Bertz CT molecular complexity index is 730. The fraction of sp³-hybridized carbons (Fsp3) is 0.300. The van der Waals surface area contributed by atoms with Crippen LogP contribution in [0.25, 0.3) is 0 Å². The average molecular weight is 359 g/mol. The number of unbranched alkanes of at least 4 members (excludes halogenated alkanes) is 1. The van der Waals surface area contributed by atoms with E-state index in [1.54, 1.807) is 18.2 Å². The van der Waals surface area contributed by atoms with Crippen molar-refractivity contribution in [3.8, 4) is 5.75 Å². The van der Waals surface area contributed by atoms with Crippen molar-refractivity contribution >= 4 is 23.2 Å². The Kier molecular flexibility index (Phi) is 7.48. The standard InChI is InChI=1S/C20H23ClN2O2/c1-3-4-10-19(16-8-6-5-7-9-16)22-23-20(24)14-25-17-11-12-18(21)15(2)13-17/h5-9,11-13H,3-4,10,14H2,1-2H3,(H,23,24). The summed E-state index contributed by atoms with van der Waals surface area (Å²) >= 11 is 5.98. The SMILES string of the molecule is CCCCC(=NNC(=O)COc1ccc(Cl)c(C)c1)c1ccccc1. The number of hydrogen-bond acceptors (Lipinski definition) is 3. The summed E-state index contributed by atoms with van der Waals surface area (Å²) < 4.78 is 5.48. The van der Waals surface area contributed by atoms with Crippen LogP contribution in [0.3, 0.4) is 0 Å². The molecule has 0 bridgehead atoms. The maximum absolute atomic E-state index is 12.0. The zero-order valence-electron chi connectivity index (χ0n) is 14.6. The van der Waals surface area contributed by atoms with Crippen molar-refractivity contribution in [2.75, 3.05) is 6.61 Å². The number of ether oxygens (including phenoxy) is 1. The third-order valence-electron chi connectivity index (χ3n) is 3.69. The molecule has 5 heteroatoms. The van der Waals surface area contributed by atoms with Crippen LogP contribution in [0, 0.1) is 6.92 Å². The Labute approximate surface area is 153 Å². The molecule has 2 aromatic carbocycles. The van der Waals surface area contributed by atoms with Gasteiger partial charge in [0, 0.05) is 5.02 Å². The fourth-order valence-corrected chi connectivity index (χ4v) is 2.38. The zero-order valence-corrected chi connectivity index (χ0v) is 15.3. The highest BCUT2D eigenvalue weighted by Gasteiger charge is 2.06. The molecule has 132 valence electrons. The molecule has 0 radical (unpaired) electrons. The van der Waals surface area contributed by atoms with E-state index in [1.807, 2.05) is 37.3 Å². The van der Waals surface area contributed by atoms with E-state index in [1.165, 1.54) is 0 Å². The summed E-state index contributed by atoms with van der Waals surface area (Å²) in [6.07, 6.45) is 2.90. The van der Waals surface area contributed by atoms with Gasteiger partial charge < -0.3 is 4.74 Å². The van der Waals surface area contributed by atoms with Crippen molar-refractivity contribution in [2.45, 2.75) is 33.1 Å². The molecule has 0 aliphatic heterocycles. The van der Waals surface area contributed by atoms with E-state index in [9.17, 15) is 4.79 Å². The van der Waals surface area contributed by atoms with Gasteiger partial charge in [-0.3, -0.25) is 4.79 Å². The molecule has 4 nitrogen and oxygen atoms in total. The minimum absolute atomic E-state index is 0.0968. The molecule has 0 heterocycles. The summed E-state index contributed by atoms with van der Waals surface area (Å²) in [4.78, 5) is 12.0. The van der Waals surface area contributed by atoms with E-state index in [0.717, 1.165) is 36.1 Å². The molecule has 0 saturated carbocycles. The lowest BCUT2D eigenvalue weighted by atomic mass is 10.1. The van der Waals surface area contributed by atoms with E-state index in [0.29, 0.717) is 10.8 Å². The lowest BCUT2D eigenvalue weighted by Gasteiger charge is -2.09. The van der Waals surface area contributed by atoms with Gasteiger partial charge in [-0.2, -0.15) is 5.10 Å². The molecule has 0 aliphatic rings. The van der Waals surface area contributed by atoms with Gasteiger partial charge in [0.1, 0.15) is 5.75 Å². The largest absolute Gasteiger partial charge is 0.484 e. The van der Waals surface area contributed by atoms with Crippen molar-refractivity contribution in [1.82, 2.24) is 5.43 Å². The highest BCUT2D eigenvalue weighted by Crippen LogP contribution is 2.20. The van der Waals surface area contributed by atoms with Crippen LogP contribution in [0.1, 0.15) is 37.3 Å². The van der Waals surface area contributed by atoms with E-state index >= 15 is 0 Å². The Morgan fingerprint density at radius 2 is 1.96 bits per heavy atom. The highest BCUT2D eigenvalue weighted by atomic mass is 35.5.